The smallest absolute Gasteiger partial charge is 0.342 e. The summed E-state index contributed by atoms with van der Waals surface area (Å²) >= 11 is 3.38. The number of carbonyl (C=O) groups is 1. The fourth-order valence-corrected chi connectivity index (χ4v) is 4.12. The Morgan fingerprint density at radius 2 is 1.90 bits per heavy atom. The maximum atomic E-state index is 13.1. The fraction of sp³-hybridized carbons (Fsp3) is 0.929. The zero-order chi connectivity index (χ0) is 14.8. The van der Waals surface area contributed by atoms with Crippen LogP contribution in [0.5, 0.6) is 0 Å². The molecular weight excluding hydrogens is 335 g/mol. The van der Waals surface area contributed by atoms with Crippen LogP contribution in [0.25, 0.3) is 0 Å². The first-order chi connectivity index (χ1) is 9.43. The first-order valence-corrected chi connectivity index (χ1v) is 8.47. The van der Waals surface area contributed by atoms with Crippen molar-refractivity contribution in [2.24, 2.45) is 17.8 Å². The molecule has 2 nitrogen and oxygen atoms in total. The van der Waals surface area contributed by atoms with E-state index in [1.165, 1.54) is 0 Å². The maximum absolute atomic E-state index is 13.1. The third-order valence-corrected chi connectivity index (χ3v) is 5.08. The van der Waals surface area contributed by atoms with Crippen molar-refractivity contribution < 1.29 is 18.0 Å². The van der Waals surface area contributed by atoms with Crippen molar-refractivity contribution in [3.63, 3.8) is 0 Å². The van der Waals surface area contributed by atoms with Crippen molar-refractivity contribution in [3.05, 3.63) is 0 Å². The van der Waals surface area contributed by atoms with Gasteiger partial charge >= 0.3 is 6.18 Å². The highest BCUT2D eigenvalue weighted by molar-refractivity contribution is 9.09. The Bertz CT molecular complexity index is 348. The molecule has 20 heavy (non-hydrogen) atoms. The summed E-state index contributed by atoms with van der Waals surface area (Å²) in [5.41, 5.74) is 0. The molecule has 0 spiro atoms. The van der Waals surface area contributed by atoms with Crippen LogP contribution < -0.4 is 0 Å². The molecule has 1 aliphatic heterocycles. The van der Waals surface area contributed by atoms with E-state index in [1.807, 2.05) is 0 Å². The average molecular weight is 356 g/mol. The largest absolute Gasteiger partial charge is 0.392 e. The van der Waals surface area contributed by atoms with Gasteiger partial charge in [-0.3, -0.25) is 4.79 Å². The standard InChI is InChI=1S/C14H21BrF3NO/c15-7-5-10-6-8-19(9-10)13(20)11-3-1-2-4-12(11)14(16,17)18/h10-12H,1-9H2. The minimum Gasteiger partial charge on any atom is -0.342 e. The first kappa shape index (κ1) is 16.1. The second-order valence-corrected chi connectivity index (χ2v) is 6.75. The summed E-state index contributed by atoms with van der Waals surface area (Å²) in [4.78, 5) is 14.1. The van der Waals surface area contributed by atoms with E-state index < -0.39 is 18.0 Å². The molecule has 2 aliphatic rings. The van der Waals surface area contributed by atoms with Crippen LogP contribution in [0.3, 0.4) is 0 Å². The lowest BCUT2D eigenvalue weighted by Gasteiger charge is -2.34. The minimum absolute atomic E-state index is 0.110. The van der Waals surface area contributed by atoms with E-state index in [1.54, 1.807) is 4.90 Å². The third-order valence-electron chi connectivity index (χ3n) is 4.62. The van der Waals surface area contributed by atoms with Crippen molar-refractivity contribution in [1.29, 1.82) is 0 Å². The predicted molar refractivity (Wildman–Crippen MR) is 74.6 cm³/mol. The van der Waals surface area contributed by atoms with E-state index >= 15 is 0 Å². The van der Waals surface area contributed by atoms with E-state index in [2.05, 4.69) is 15.9 Å². The van der Waals surface area contributed by atoms with E-state index in [0.717, 1.165) is 24.6 Å². The Hall–Kier alpha value is -0.260. The third kappa shape index (κ3) is 3.68. The molecule has 1 aliphatic carbocycles. The van der Waals surface area contributed by atoms with Gasteiger partial charge in [0, 0.05) is 24.3 Å². The predicted octanol–water partition coefficient (Wildman–Crippen LogP) is 3.99. The van der Waals surface area contributed by atoms with Gasteiger partial charge in [-0.25, -0.2) is 0 Å². The second-order valence-electron chi connectivity index (χ2n) is 5.96. The van der Waals surface area contributed by atoms with Crippen LogP contribution >= 0.6 is 15.9 Å². The van der Waals surface area contributed by atoms with Crippen molar-refractivity contribution >= 4 is 21.8 Å². The van der Waals surface area contributed by atoms with E-state index in [4.69, 9.17) is 0 Å². The van der Waals surface area contributed by atoms with Crippen molar-refractivity contribution in [3.8, 4) is 0 Å². The minimum atomic E-state index is -4.24. The number of hydrogen-bond donors (Lipinski definition) is 0. The van der Waals surface area contributed by atoms with Crippen LogP contribution in [-0.2, 0) is 4.79 Å². The molecule has 6 heteroatoms. The molecule has 2 rings (SSSR count). The molecule has 0 aromatic rings. The number of likely N-dealkylation sites (tertiary alicyclic amines) is 1. The van der Waals surface area contributed by atoms with E-state index in [-0.39, 0.29) is 12.3 Å². The molecule has 0 bridgehead atoms. The lowest BCUT2D eigenvalue weighted by molar-refractivity contribution is -0.200. The quantitative estimate of drug-likeness (QED) is 0.701. The molecule has 3 unspecified atom stereocenters. The number of halogens is 4. The number of nitrogens with zero attached hydrogens (tertiary/aromatic N) is 1. The van der Waals surface area contributed by atoms with Gasteiger partial charge in [0.1, 0.15) is 0 Å². The Morgan fingerprint density at radius 3 is 2.55 bits per heavy atom. The molecule has 0 aromatic heterocycles. The highest BCUT2D eigenvalue weighted by Gasteiger charge is 2.49. The number of amides is 1. The van der Waals surface area contributed by atoms with Crippen molar-refractivity contribution in [2.45, 2.75) is 44.7 Å². The van der Waals surface area contributed by atoms with Gasteiger partial charge in [-0.05, 0) is 31.6 Å². The molecule has 3 atom stereocenters. The number of hydrogen-bond acceptors (Lipinski definition) is 1. The molecule has 116 valence electrons. The highest BCUT2D eigenvalue weighted by Crippen LogP contribution is 2.42. The normalized spacial score (nSPS) is 31.6. The fourth-order valence-electron chi connectivity index (χ4n) is 3.48. The Morgan fingerprint density at radius 1 is 1.20 bits per heavy atom. The summed E-state index contributed by atoms with van der Waals surface area (Å²) in [6.45, 7) is 1.25. The molecule has 0 aromatic carbocycles. The number of rotatable bonds is 3. The summed E-state index contributed by atoms with van der Waals surface area (Å²) in [7, 11) is 0. The molecule has 2 fully saturated rings. The summed E-state index contributed by atoms with van der Waals surface area (Å²) in [6.07, 6.45) is -0.517. The monoisotopic (exact) mass is 355 g/mol. The van der Waals surface area contributed by atoms with Gasteiger partial charge in [-0.2, -0.15) is 13.2 Å². The second kappa shape index (κ2) is 6.67. The maximum Gasteiger partial charge on any atom is 0.392 e. The molecular formula is C14H21BrF3NO. The lowest BCUT2D eigenvalue weighted by atomic mass is 9.78. The van der Waals surface area contributed by atoms with Crippen LogP contribution in [-0.4, -0.2) is 35.4 Å². The van der Waals surface area contributed by atoms with Crippen molar-refractivity contribution in [1.82, 2.24) is 4.90 Å². The Labute approximate surface area is 126 Å². The molecule has 1 amide bonds. The van der Waals surface area contributed by atoms with Crippen LogP contribution in [0.15, 0.2) is 0 Å². The highest BCUT2D eigenvalue weighted by atomic mass is 79.9. The first-order valence-electron chi connectivity index (χ1n) is 7.35. The van der Waals surface area contributed by atoms with Crippen LogP contribution in [0.1, 0.15) is 38.5 Å². The SMILES string of the molecule is O=C(C1CCCCC1C(F)(F)F)N1CCC(CCBr)C1. The van der Waals surface area contributed by atoms with Gasteiger partial charge in [-0.1, -0.05) is 28.8 Å². The Kier molecular flexibility index (Phi) is 5.37. The Balaban J connectivity index is 2.00. The molecule has 1 heterocycles. The van der Waals surface area contributed by atoms with E-state index in [0.29, 0.717) is 31.8 Å². The van der Waals surface area contributed by atoms with Gasteiger partial charge in [-0.15, -0.1) is 0 Å². The number of alkyl halides is 4. The number of carbonyl (C=O) groups excluding carboxylic acids is 1. The lowest BCUT2D eigenvalue weighted by Crippen LogP contribution is -2.43. The summed E-state index contributed by atoms with van der Waals surface area (Å²) in [6, 6.07) is 0. The molecule has 0 radical (unpaired) electrons. The summed E-state index contributed by atoms with van der Waals surface area (Å²) < 4.78 is 39.2. The molecule has 1 saturated heterocycles. The van der Waals surface area contributed by atoms with Gasteiger partial charge in [0.2, 0.25) is 5.91 Å². The van der Waals surface area contributed by atoms with Gasteiger partial charge in [0.05, 0.1) is 5.92 Å². The zero-order valence-corrected chi connectivity index (χ0v) is 13.0. The van der Waals surface area contributed by atoms with Gasteiger partial charge < -0.3 is 4.90 Å². The average Bonchev–Trinajstić information content (AvgIpc) is 2.86. The van der Waals surface area contributed by atoms with Gasteiger partial charge in [0.25, 0.3) is 0 Å². The van der Waals surface area contributed by atoms with Crippen LogP contribution in [0.2, 0.25) is 0 Å². The van der Waals surface area contributed by atoms with Crippen LogP contribution in [0, 0.1) is 17.8 Å². The van der Waals surface area contributed by atoms with Crippen molar-refractivity contribution in [2.75, 3.05) is 18.4 Å². The van der Waals surface area contributed by atoms with E-state index in [9.17, 15) is 18.0 Å². The van der Waals surface area contributed by atoms with Gasteiger partial charge in [0.15, 0.2) is 0 Å². The summed E-state index contributed by atoms with van der Waals surface area (Å²) in [5, 5.41) is 0.883. The molecule has 0 N–H and O–H groups in total. The zero-order valence-electron chi connectivity index (χ0n) is 11.5. The topological polar surface area (TPSA) is 20.3 Å². The molecule has 1 saturated carbocycles. The van der Waals surface area contributed by atoms with Crippen LogP contribution in [0.4, 0.5) is 13.2 Å². The summed E-state index contributed by atoms with van der Waals surface area (Å²) in [5.74, 6) is -2.10.